The van der Waals surface area contributed by atoms with Gasteiger partial charge in [-0.2, -0.15) is 0 Å². The number of hydrogen-bond acceptors (Lipinski definition) is 16. The summed E-state index contributed by atoms with van der Waals surface area (Å²) in [5, 5.41) is 74.8. The van der Waals surface area contributed by atoms with Crippen molar-refractivity contribution in [1.82, 2.24) is 0 Å². The van der Waals surface area contributed by atoms with Crippen molar-refractivity contribution in [3.05, 3.63) is 148 Å². The lowest BCUT2D eigenvalue weighted by Crippen LogP contribution is -2.60. The van der Waals surface area contributed by atoms with Crippen LogP contribution in [-0.2, 0) is 34.0 Å². The molecule has 3 aliphatic rings. The van der Waals surface area contributed by atoms with Crippen LogP contribution in [0.15, 0.2) is 131 Å². The Morgan fingerprint density at radius 1 is 0.619 bits per heavy atom. The Hall–Kier alpha value is -6.05. The molecule has 1 aromatic heterocycles. The summed E-state index contributed by atoms with van der Waals surface area (Å²) in [6.07, 6.45) is -14.4. The van der Waals surface area contributed by atoms with Crippen molar-refractivity contribution >= 4 is 11.0 Å². The number of ether oxygens (including phenoxy) is 7. The van der Waals surface area contributed by atoms with E-state index in [-0.39, 0.29) is 53.6 Å². The average Bonchev–Trinajstić information content (AvgIpc) is 3.72. The fraction of sp³-hybridized carbons (Fsp3) is 0.298. The van der Waals surface area contributed by atoms with Crippen LogP contribution in [0.25, 0.3) is 22.3 Å². The molecule has 0 amide bonds. The third-order valence-electron chi connectivity index (χ3n) is 11.3. The van der Waals surface area contributed by atoms with Gasteiger partial charge in [-0.3, -0.25) is 4.79 Å². The van der Waals surface area contributed by atoms with E-state index >= 15 is 0 Å². The number of phenolic OH excluding ortho intramolecular Hbond substituents is 1. The molecular formula is C47H44O16. The van der Waals surface area contributed by atoms with Crippen molar-refractivity contribution in [2.75, 3.05) is 6.61 Å². The Morgan fingerprint density at radius 2 is 1.22 bits per heavy atom. The second-order valence-corrected chi connectivity index (χ2v) is 15.6. The van der Waals surface area contributed by atoms with E-state index in [0.29, 0.717) is 5.75 Å². The molecule has 0 spiro atoms. The van der Waals surface area contributed by atoms with Crippen LogP contribution >= 0.6 is 0 Å². The smallest absolute Gasteiger partial charge is 0.239 e. The van der Waals surface area contributed by atoms with Crippen molar-refractivity contribution < 1.29 is 73.3 Å². The lowest BCUT2D eigenvalue weighted by Gasteiger charge is -2.40. The van der Waals surface area contributed by atoms with Gasteiger partial charge in [-0.05, 0) is 34.9 Å². The number of aromatic hydroxyl groups is 1. The van der Waals surface area contributed by atoms with E-state index in [2.05, 4.69) is 0 Å². The van der Waals surface area contributed by atoms with E-state index < -0.39 is 84.4 Å². The van der Waals surface area contributed by atoms with Gasteiger partial charge in [0.25, 0.3) is 0 Å². The van der Waals surface area contributed by atoms with Gasteiger partial charge in [-0.25, -0.2) is 0 Å². The van der Waals surface area contributed by atoms with E-state index in [4.69, 9.17) is 37.6 Å². The zero-order valence-corrected chi connectivity index (χ0v) is 33.4. The van der Waals surface area contributed by atoms with Crippen molar-refractivity contribution in [1.29, 1.82) is 0 Å². The Balaban J connectivity index is 1.07. The van der Waals surface area contributed by atoms with Gasteiger partial charge in [-0.15, -0.1) is 0 Å². The minimum atomic E-state index is -1.95. The molecule has 1 saturated carbocycles. The van der Waals surface area contributed by atoms with Crippen LogP contribution < -0.4 is 24.4 Å². The highest BCUT2D eigenvalue weighted by Gasteiger charge is 2.76. The van der Waals surface area contributed by atoms with Crippen molar-refractivity contribution in [2.24, 2.45) is 0 Å². The summed E-state index contributed by atoms with van der Waals surface area (Å²) in [7, 11) is 0. The first kappa shape index (κ1) is 42.3. The molecule has 3 fully saturated rings. The van der Waals surface area contributed by atoms with Crippen LogP contribution in [0, 0.1) is 0 Å². The normalized spacial score (nSPS) is 27.4. The average molecular weight is 865 g/mol. The lowest BCUT2D eigenvalue weighted by molar-refractivity contribution is -0.291. The van der Waals surface area contributed by atoms with Gasteiger partial charge in [0.1, 0.15) is 85.0 Å². The molecule has 1 aliphatic carbocycles. The molecule has 9 rings (SSSR count). The van der Waals surface area contributed by atoms with Gasteiger partial charge in [0, 0.05) is 17.7 Å². The quantitative estimate of drug-likeness (QED) is 0.0785. The Morgan fingerprint density at radius 3 is 1.83 bits per heavy atom. The molecule has 328 valence electrons. The van der Waals surface area contributed by atoms with Crippen LogP contribution in [0.1, 0.15) is 16.7 Å². The predicted octanol–water partition coefficient (Wildman–Crippen LogP) is 3.30. The van der Waals surface area contributed by atoms with Crippen molar-refractivity contribution in [2.45, 2.75) is 80.7 Å². The molecule has 7 N–H and O–H groups in total. The molecule has 16 heteroatoms. The van der Waals surface area contributed by atoms with Crippen LogP contribution in [-0.4, -0.2) is 103 Å². The molecular weight excluding hydrogens is 821 g/mol. The number of fused-ring (bicyclic) bond motifs is 2. The summed E-state index contributed by atoms with van der Waals surface area (Å²) in [4.78, 5) is 14.6. The molecule has 2 aliphatic heterocycles. The summed E-state index contributed by atoms with van der Waals surface area (Å²) >= 11 is 0. The zero-order chi connectivity index (χ0) is 43.8. The van der Waals surface area contributed by atoms with Gasteiger partial charge in [-0.1, -0.05) is 91.0 Å². The highest BCUT2D eigenvalue weighted by Crippen LogP contribution is 2.50. The number of rotatable bonds is 15. The fourth-order valence-electron chi connectivity index (χ4n) is 7.63. The van der Waals surface area contributed by atoms with Gasteiger partial charge in [0.05, 0.1) is 6.61 Å². The minimum absolute atomic E-state index is 0.0895. The van der Waals surface area contributed by atoms with E-state index in [0.717, 1.165) is 16.7 Å². The van der Waals surface area contributed by atoms with Crippen molar-refractivity contribution in [3.63, 3.8) is 0 Å². The molecule has 10 atom stereocenters. The van der Waals surface area contributed by atoms with Crippen LogP contribution in [0.2, 0.25) is 0 Å². The molecule has 6 aromatic rings. The maximum atomic E-state index is 14.6. The third kappa shape index (κ3) is 8.43. The second kappa shape index (κ2) is 17.6. The highest BCUT2D eigenvalue weighted by atomic mass is 16.7. The zero-order valence-electron chi connectivity index (χ0n) is 33.4. The van der Waals surface area contributed by atoms with Crippen LogP contribution in [0.4, 0.5) is 0 Å². The summed E-state index contributed by atoms with van der Waals surface area (Å²) < 4.78 is 47.8. The molecule has 3 heterocycles. The van der Waals surface area contributed by atoms with E-state index in [1.54, 1.807) is 18.2 Å². The standard InChI is InChI=1S/C47H44O16/c48-30-19-29(56-21-25-10-4-1-5-11-25)20-33-35(30)37(50)41(62-45-39(52)38(51)36(49)34(61-45)24-59-46-43(54)47(55)42(53)44(47)63-46)40(60-33)28-16-17-31(57-22-26-12-6-2-7-13-26)32(18-28)58-23-27-14-8-3-9-15-27/h1-20,34,36,38-39,42-46,48-49,51-55H,21-24H2/t34?,36-,38?,39?,42+,43?,44?,45+,46-,47?/m1/s1. The molecule has 16 nitrogen and oxygen atoms in total. The SMILES string of the molecule is O=c1c(O[C@@H]2OC(CO[C@@H]3OC4[C@H](O)C4(O)C3O)[C@@H](O)C(O)C2O)c(-c2ccc(OCc3ccccc3)c(OCc3ccccc3)c2)oc2cc(OCc3ccccc3)cc(O)c12. The first-order chi connectivity index (χ1) is 30.5. The number of aliphatic hydroxyl groups is 6. The predicted molar refractivity (Wildman–Crippen MR) is 221 cm³/mol. The molecule has 5 aromatic carbocycles. The van der Waals surface area contributed by atoms with Gasteiger partial charge < -0.3 is 73.3 Å². The van der Waals surface area contributed by atoms with Gasteiger partial charge in [0.15, 0.2) is 29.2 Å². The molecule has 0 radical (unpaired) electrons. The summed E-state index contributed by atoms with van der Waals surface area (Å²) in [6, 6.07) is 35.7. The minimum Gasteiger partial charge on any atom is -0.507 e. The largest absolute Gasteiger partial charge is 0.507 e. The summed E-state index contributed by atoms with van der Waals surface area (Å²) in [5.41, 5.74) is -0.0661. The highest BCUT2D eigenvalue weighted by molar-refractivity contribution is 5.88. The van der Waals surface area contributed by atoms with Crippen LogP contribution in [0.3, 0.4) is 0 Å². The van der Waals surface area contributed by atoms with E-state index in [1.165, 1.54) is 12.1 Å². The Kier molecular flexibility index (Phi) is 11.8. The molecule has 2 saturated heterocycles. The lowest BCUT2D eigenvalue weighted by atomic mass is 9.99. The molecule has 63 heavy (non-hydrogen) atoms. The number of phenols is 1. The monoisotopic (exact) mass is 864 g/mol. The summed E-state index contributed by atoms with van der Waals surface area (Å²) in [6.45, 7) is -0.0781. The van der Waals surface area contributed by atoms with E-state index in [9.17, 15) is 40.5 Å². The molecule has 0 bridgehead atoms. The first-order valence-corrected chi connectivity index (χ1v) is 20.2. The van der Waals surface area contributed by atoms with E-state index in [1.807, 2.05) is 91.0 Å². The number of hydrogen-bond donors (Lipinski definition) is 7. The third-order valence-corrected chi connectivity index (χ3v) is 11.3. The maximum absolute atomic E-state index is 14.6. The van der Waals surface area contributed by atoms with Crippen molar-refractivity contribution in [3.8, 4) is 40.1 Å². The number of benzene rings is 5. The fourth-order valence-corrected chi connectivity index (χ4v) is 7.63. The van der Waals surface area contributed by atoms with Gasteiger partial charge >= 0.3 is 0 Å². The topological polar surface area (TPSA) is 236 Å². The number of aliphatic hydroxyl groups excluding tert-OH is 5. The van der Waals surface area contributed by atoms with Gasteiger partial charge in [0.2, 0.25) is 17.5 Å². The Labute approximate surface area is 359 Å². The molecule has 6 unspecified atom stereocenters. The Bertz CT molecular complexity index is 2590. The first-order valence-electron chi connectivity index (χ1n) is 20.2. The summed E-state index contributed by atoms with van der Waals surface area (Å²) in [5.74, 6) is -0.461. The maximum Gasteiger partial charge on any atom is 0.239 e. The second-order valence-electron chi connectivity index (χ2n) is 15.6. The van der Waals surface area contributed by atoms with Crippen LogP contribution in [0.5, 0.6) is 28.7 Å².